The minimum Gasteiger partial charge on any atom is -0.486 e. The second-order valence-electron chi connectivity index (χ2n) is 5.38. The van der Waals surface area contributed by atoms with Gasteiger partial charge in [0.1, 0.15) is 13.2 Å². The van der Waals surface area contributed by atoms with Crippen LogP contribution in [-0.4, -0.2) is 37.1 Å². The number of nitrogens with zero attached hydrogens (tertiary/aromatic N) is 2. The molecule has 5 nitrogen and oxygen atoms in total. The van der Waals surface area contributed by atoms with E-state index in [4.69, 9.17) is 9.47 Å². The molecule has 21 heavy (non-hydrogen) atoms. The zero-order chi connectivity index (χ0) is 14.7. The van der Waals surface area contributed by atoms with Crippen molar-refractivity contribution in [2.24, 2.45) is 0 Å². The van der Waals surface area contributed by atoms with Crippen LogP contribution in [0.1, 0.15) is 30.7 Å². The molecule has 3 rings (SSSR count). The van der Waals surface area contributed by atoms with Gasteiger partial charge >= 0.3 is 0 Å². The van der Waals surface area contributed by atoms with Gasteiger partial charge in [0.25, 0.3) is 0 Å². The highest BCUT2D eigenvalue weighted by Crippen LogP contribution is 2.34. The Bertz CT molecular complexity index is 573. The van der Waals surface area contributed by atoms with E-state index in [1.807, 2.05) is 23.1 Å². The molecule has 0 aromatic heterocycles. The van der Waals surface area contributed by atoms with Crippen molar-refractivity contribution in [1.29, 1.82) is 5.26 Å². The van der Waals surface area contributed by atoms with Gasteiger partial charge in [-0.3, -0.25) is 4.79 Å². The molecule has 110 valence electrons. The Balaban J connectivity index is 1.73. The molecule has 1 aromatic carbocycles. The second-order valence-corrected chi connectivity index (χ2v) is 5.38. The SMILES string of the molecule is N#CC(CC(=O)N1CCCC1)c1ccc2c(c1)OCCO2. The Morgan fingerprint density at radius 3 is 2.67 bits per heavy atom. The Morgan fingerprint density at radius 1 is 1.24 bits per heavy atom. The fourth-order valence-corrected chi connectivity index (χ4v) is 2.78. The molecule has 1 unspecified atom stereocenters. The summed E-state index contributed by atoms with van der Waals surface area (Å²) < 4.78 is 11.0. The molecule has 1 saturated heterocycles. The highest BCUT2D eigenvalue weighted by Gasteiger charge is 2.24. The molecule has 0 N–H and O–H groups in total. The van der Waals surface area contributed by atoms with E-state index >= 15 is 0 Å². The number of carbonyl (C=O) groups is 1. The summed E-state index contributed by atoms with van der Waals surface area (Å²) in [6, 6.07) is 7.71. The average Bonchev–Trinajstić information content (AvgIpc) is 3.06. The largest absolute Gasteiger partial charge is 0.486 e. The van der Waals surface area contributed by atoms with Gasteiger partial charge < -0.3 is 14.4 Å². The third-order valence-corrected chi connectivity index (χ3v) is 3.96. The lowest BCUT2D eigenvalue weighted by Gasteiger charge is -2.21. The van der Waals surface area contributed by atoms with Crippen LogP contribution < -0.4 is 9.47 Å². The lowest BCUT2D eigenvalue weighted by molar-refractivity contribution is -0.130. The van der Waals surface area contributed by atoms with Crippen LogP contribution in [0.25, 0.3) is 0 Å². The summed E-state index contributed by atoms with van der Waals surface area (Å²) in [6.45, 7) is 2.69. The van der Waals surface area contributed by atoms with Gasteiger partial charge in [0, 0.05) is 19.5 Å². The van der Waals surface area contributed by atoms with Crippen molar-refractivity contribution in [2.75, 3.05) is 26.3 Å². The lowest BCUT2D eigenvalue weighted by Crippen LogP contribution is -2.28. The summed E-state index contributed by atoms with van der Waals surface area (Å²) in [5, 5.41) is 9.38. The Morgan fingerprint density at radius 2 is 1.95 bits per heavy atom. The molecule has 0 saturated carbocycles. The smallest absolute Gasteiger partial charge is 0.224 e. The van der Waals surface area contributed by atoms with Crippen molar-refractivity contribution in [1.82, 2.24) is 4.90 Å². The lowest BCUT2D eigenvalue weighted by atomic mass is 9.96. The standard InChI is InChI=1S/C16H18N2O3/c17-11-13(10-16(19)18-5-1-2-6-18)12-3-4-14-15(9-12)21-8-7-20-14/h3-4,9,13H,1-2,5-8,10H2. The number of rotatable bonds is 3. The molecule has 0 spiro atoms. The summed E-state index contributed by atoms with van der Waals surface area (Å²) >= 11 is 0. The van der Waals surface area contributed by atoms with Crippen LogP contribution in [0.15, 0.2) is 18.2 Å². The first-order valence-electron chi connectivity index (χ1n) is 7.35. The van der Waals surface area contributed by atoms with Gasteiger partial charge in [0.05, 0.1) is 12.0 Å². The average molecular weight is 286 g/mol. The van der Waals surface area contributed by atoms with Crippen molar-refractivity contribution in [3.05, 3.63) is 23.8 Å². The minimum atomic E-state index is -0.436. The van der Waals surface area contributed by atoms with Crippen LogP contribution in [0.5, 0.6) is 11.5 Å². The fourth-order valence-electron chi connectivity index (χ4n) is 2.78. The first kappa shape index (κ1) is 13.7. The number of carbonyl (C=O) groups excluding carboxylic acids is 1. The van der Waals surface area contributed by atoms with Gasteiger partial charge in [-0.15, -0.1) is 0 Å². The van der Waals surface area contributed by atoms with Crippen molar-refractivity contribution >= 4 is 5.91 Å². The molecule has 1 amide bonds. The van der Waals surface area contributed by atoms with E-state index in [0.717, 1.165) is 31.5 Å². The summed E-state index contributed by atoms with van der Waals surface area (Å²) in [7, 11) is 0. The molecular formula is C16H18N2O3. The number of nitriles is 1. The summed E-state index contributed by atoms with van der Waals surface area (Å²) in [5.41, 5.74) is 0.814. The molecule has 1 fully saturated rings. The third kappa shape index (κ3) is 2.94. The quantitative estimate of drug-likeness (QED) is 0.853. The van der Waals surface area contributed by atoms with E-state index in [9.17, 15) is 10.1 Å². The zero-order valence-corrected chi connectivity index (χ0v) is 11.9. The maximum absolute atomic E-state index is 12.2. The van der Waals surface area contributed by atoms with E-state index in [2.05, 4.69) is 6.07 Å². The highest BCUT2D eigenvalue weighted by molar-refractivity contribution is 5.78. The second kappa shape index (κ2) is 6.04. The summed E-state index contributed by atoms with van der Waals surface area (Å²) in [6.07, 6.45) is 2.36. The molecule has 2 aliphatic heterocycles. The number of hydrogen-bond acceptors (Lipinski definition) is 4. The molecule has 5 heteroatoms. The maximum Gasteiger partial charge on any atom is 0.224 e. The van der Waals surface area contributed by atoms with E-state index in [0.29, 0.717) is 24.7 Å². The van der Waals surface area contributed by atoms with Gasteiger partial charge in [-0.1, -0.05) is 6.07 Å². The van der Waals surface area contributed by atoms with E-state index < -0.39 is 5.92 Å². The number of hydrogen-bond donors (Lipinski definition) is 0. The van der Waals surface area contributed by atoms with Gasteiger partial charge in [-0.25, -0.2) is 0 Å². The Hall–Kier alpha value is -2.22. The predicted molar refractivity (Wildman–Crippen MR) is 76.2 cm³/mol. The topological polar surface area (TPSA) is 62.6 Å². The van der Waals surface area contributed by atoms with Crippen LogP contribution in [0, 0.1) is 11.3 Å². The van der Waals surface area contributed by atoms with Crippen molar-refractivity contribution in [2.45, 2.75) is 25.2 Å². The number of likely N-dealkylation sites (tertiary alicyclic amines) is 1. The molecule has 0 radical (unpaired) electrons. The Kier molecular flexibility index (Phi) is 3.96. The number of benzene rings is 1. The van der Waals surface area contributed by atoms with Crippen LogP contribution >= 0.6 is 0 Å². The monoisotopic (exact) mass is 286 g/mol. The fraction of sp³-hybridized carbons (Fsp3) is 0.500. The van der Waals surface area contributed by atoms with E-state index in [1.165, 1.54) is 0 Å². The van der Waals surface area contributed by atoms with Crippen molar-refractivity contribution in [3.63, 3.8) is 0 Å². The molecule has 2 aliphatic rings. The van der Waals surface area contributed by atoms with Crippen LogP contribution in [-0.2, 0) is 4.79 Å². The molecule has 0 bridgehead atoms. The van der Waals surface area contributed by atoms with Crippen LogP contribution in [0.3, 0.4) is 0 Å². The first-order valence-corrected chi connectivity index (χ1v) is 7.35. The first-order chi connectivity index (χ1) is 10.3. The number of ether oxygens (including phenoxy) is 2. The molecule has 0 aliphatic carbocycles. The van der Waals surface area contributed by atoms with Gasteiger partial charge in [-0.05, 0) is 30.5 Å². The van der Waals surface area contributed by atoms with E-state index in [1.54, 1.807) is 0 Å². The summed E-state index contributed by atoms with van der Waals surface area (Å²) in [5.74, 6) is 0.989. The molecule has 1 aromatic rings. The molecule has 1 atom stereocenters. The maximum atomic E-state index is 12.2. The molecular weight excluding hydrogens is 268 g/mol. The minimum absolute atomic E-state index is 0.0638. The van der Waals surface area contributed by atoms with E-state index in [-0.39, 0.29) is 12.3 Å². The van der Waals surface area contributed by atoms with Crippen molar-refractivity contribution in [3.8, 4) is 17.6 Å². The number of fused-ring (bicyclic) bond motifs is 1. The van der Waals surface area contributed by atoms with Gasteiger partial charge in [0.15, 0.2) is 11.5 Å². The van der Waals surface area contributed by atoms with Crippen LogP contribution in [0.4, 0.5) is 0 Å². The molecule has 2 heterocycles. The number of amides is 1. The third-order valence-electron chi connectivity index (χ3n) is 3.96. The van der Waals surface area contributed by atoms with Crippen molar-refractivity contribution < 1.29 is 14.3 Å². The highest BCUT2D eigenvalue weighted by atomic mass is 16.6. The zero-order valence-electron chi connectivity index (χ0n) is 11.9. The summed E-state index contributed by atoms with van der Waals surface area (Å²) in [4.78, 5) is 14.0. The normalized spacial score (nSPS) is 18.1. The Labute approximate surface area is 124 Å². The predicted octanol–water partition coefficient (Wildman–Crippen LogP) is 2.08. The van der Waals surface area contributed by atoms with Crippen LogP contribution in [0.2, 0.25) is 0 Å². The van der Waals surface area contributed by atoms with Gasteiger partial charge in [-0.2, -0.15) is 5.26 Å². The van der Waals surface area contributed by atoms with Gasteiger partial charge in [0.2, 0.25) is 5.91 Å².